The maximum atomic E-state index is 5.03. The highest BCUT2D eigenvalue weighted by molar-refractivity contribution is 9.09. The van der Waals surface area contributed by atoms with Gasteiger partial charge in [-0.15, -0.1) is 0 Å². The Morgan fingerprint density at radius 1 is 0.654 bits per heavy atom. The molecule has 134 valence electrons. The van der Waals surface area contributed by atoms with E-state index in [1.165, 1.54) is 15.9 Å². The molecule has 0 aromatic heterocycles. The molecule has 3 aromatic rings. The first-order valence-electron chi connectivity index (χ1n) is 8.63. The lowest BCUT2D eigenvalue weighted by Crippen LogP contribution is -2.20. The van der Waals surface area contributed by atoms with Crippen molar-refractivity contribution in [2.75, 3.05) is 18.5 Å². The van der Waals surface area contributed by atoms with Gasteiger partial charge in [-0.2, -0.15) is 0 Å². The van der Waals surface area contributed by atoms with Crippen molar-refractivity contribution < 1.29 is 9.47 Å². The minimum atomic E-state index is -0.446. The molecule has 0 saturated carbocycles. The van der Waals surface area contributed by atoms with Gasteiger partial charge in [-0.05, 0) is 23.8 Å². The zero-order chi connectivity index (χ0) is 18.0. The molecule has 1 fully saturated rings. The van der Waals surface area contributed by atoms with Crippen LogP contribution in [0.15, 0.2) is 91.0 Å². The summed E-state index contributed by atoms with van der Waals surface area (Å²) < 4.78 is 10.1. The molecule has 4 heteroatoms. The molecule has 0 spiro atoms. The average molecular weight is 429 g/mol. The highest BCUT2D eigenvalue weighted by Gasteiger charge is 2.15. The maximum absolute atomic E-state index is 5.03. The van der Waals surface area contributed by atoms with E-state index in [1.807, 2.05) is 0 Å². The number of ether oxygens (including phenoxy) is 2. The van der Waals surface area contributed by atoms with Crippen LogP contribution in [0.4, 0.5) is 0 Å². The van der Waals surface area contributed by atoms with E-state index in [9.17, 15) is 0 Å². The molecule has 1 saturated heterocycles. The predicted octanol–water partition coefficient (Wildman–Crippen LogP) is 4.20. The molecule has 1 aliphatic heterocycles. The van der Waals surface area contributed by atoms with E-state index in [4.69, 9.17) is 9.47 Å². The van der Waals surface area contributed by atoms with E-state index >= 15 is 0 Å². The van der Waals surface area contributed by atoms with Crippen molar-refractivity contribution in [3.05, 3.63) is 91.0 Å². The van der Waals surface area contributed by atoms with Gasteiger partial charge in [0.25, 0.3) is 0 Å². The van der Waals surface area contributed by atoms with Crippen molar-refractivity contribution in [3.63, 3.8) is 0 Å². The number of alkyl halides is 1. The Bertz CT molecular complexity index is 653. The normalized spacial score (nSPS) is 14.1. The van der Waals surface area contributed by atoms with Crippen molar-refractivity contribution in [2.24, 2.45) is 0 Å². The van der Waals surface area contributed by atoms with E-state index in [2.05, 4.69) is 107 Å². The van der Waals surface area contributed by atoms with Crippen LogP contribution in [0.2, 0.25) is 0 Å². The van der Waals surface area contributed by atoms with Gasteiger partial charge in [0.1, 0.15) is 0 Å². The molecule has 0 amide bonds. The summed E-state index contributed by atoms with van der Waals surface area (Å²) in [7, 11) is -0.446. The fraction of sp³-hybridized carbons (Fsp3) is 0.182. The van der Waals surface area contributed by atoms with Gasteiger partial charge >= 0.3 is 0 Å². The van der Waals surface area contributed by atoms with Crippen LogP contribution in [-0.2, 0) is 9.47 Å². The Kier molecular flexibility index (Phi) is 7.85. The van der Waals surface area contributed by atoms with Crippen LogP contribution in [0, 0.1) is 0 Å². The third-order valence-corrected chi connectivity index (χ3v) is 6.83. The van der Waals surface area contributed by atoms with Crippen LogP contribution in [0.5, 0.6) is 0 Å². The van der Waals surface area contributed by atoms with Gasteiger partial charge in [0.2, 0.25) is 0 Å². The van der Waals surface area contributed by atoms with Crippen LogP contribution in [0.3, 0.4) is 0 Å². The molecular weight excluding hydrogens is 407 g/mol. The Balaban J connectivity index is 0.000000236. The summed E-state index contributed by atoms with van der Waals surface area (Å²) in [4.78, 5) is 0. The summed E-state index contributed by atoms with van der Waals surface area (Å²) in [6.45, 7) is 1.49. The van der Waals surface area contributed by atoms with Gasteiger partial charge < -0.3 is 9.47 Å². The fourth-order valence-corrected chi connectivity index (χ4v) is 5.35. The van der Waals surface area contributed by atoms with Gasteiger partial charge in [-0.25, -0.2) is 0 Å². The third-order valence-electron chi connectivity index (χ3n) is 3.86. The molecule has 1 aliphatic rings. The van der Waals surface area contributed by atoms with Crippen molar-refractivity contribution in [1.29, 1.82) is 0 Å². The first kappa shape index (κ1) is 19.3. The monoisotopic (exact) mass is 428 g/mol. The smallest absolute Gasteiger partial charge is 0.167 e. The number of benzene rings is 3. The second-order valence-electron chi connectivity index (χ2n) is 5.67. The van der Waals surface area contributed by atoms with Crippen molar-refractivity contribution in [3.8, 4) is 0 Å². The number of hydrogen-bond donors (Lipinski definition) is 0. The largest absolute Gasteiger partial charge is 0.349 e. The molecular formula is C22H22BrO2P. The highest BCUT2D eigenvalue weighted by atomic mass is 79.9. The minimum absolute atomic E-state index is 0.0139. The summed E-state index contributed by atoms with van der Waals surface area (Å²) in [6, 6.07) is 32.3. The third kappa shape index (κ3) is 5.49. The molecule has 26 heavy (non-hydrogen) atoms. The highest BCUT2D eigenvalue weighted by Crippen LogP contribution is 2.32. The van der Waals surface area contributed by atoms with Gasteiger partial charge in [-0.1, -0.05) is 107 Å². The summed E-state index contributed by atoms with van der Waals surface area (Å²) in [5, 5.41) is 4.98. The first-order valence-corrected chi connectivity index (χ1v) is 11.1. The number of rotatable bonds is 4. The molecule has 1 heterocycles. The summed E-state index contributed by atoms with van der Waals surface area (Å²) in [5.74, 6) is 0. The van der Waals surface area contributed by atoms with Crippen LogP contribution in [0.25, 0.3) is 0 Å². The summed E-state index contributed by atoms with van der Waals surface area (Å²) >= 11 is 3.23. The molecule has 0 N–H and O–H groups in total. The minimum Gasteiger partial charge on any atom is -0.349 e. The second kappa shape index (κ2) is 10.6. The maximum Gasteiger partial charge on any atom is 0.167 e. The Morgan fingerprint density at radius 3 is 1.27 bits per heavy atom. The quantitative estimate of drug-likeness (QED) is 0.457. The SMILES string of the molecule is BrCC1OCCO1.c1ccc(P(c2ccccc2)c2ccccc2)cc1. The van der Waals surface area contributed by atoms with Gasteiger partial charge in [0.05, 0.1) is 18.5 Å². The van der Waals surface area contributed by atoms with Crippen LogP contribution in [-0.4, -0.2) is 24.8 Å². The van der Waals surface area contributed by atoms with Crippen molar-refractivity contribution >= 4 is 39.8 Å². The summed E-state index contributed by atoms with van der Waals surface area (Å²) in [6.07, 6.45) is 0.0139. The van der Waals surface area contributed by atoms with Gasteiger partial charge in [0.15, 0.2) is 6.29 Å². The van der Waals surface area contributed by atoms with Crippen molar-refractivity contribution in [2.45, 2.75) is 6.29 Å². The molecule has 0 aliphatic carbocycles. The average Bonchev–Trinajstić information content (AvgIpc) is 3.25. The molecule has 2 nitrogen and oxygen atoms in total. The van der Waals surface area contributed by atoms with E-state index in [0.29, 0.717) is 0 Å². The molecule has 0 radical (unpaired) electrons. The number of halogens is 1. The molecule has 0 atom stereocenters. The fourth-order valence-electron chi connectivity index (χ4n) is 2.67. The lowest BCUT2D eigenvalue weighted by Gasteiger charge is -2.18. The van der Waals surface area contributed by atoms with Gasteiger partial charge in [0, 0.05) is 0 Å². The van der Waals surface area contributed by atoms with E-state index < -0.39 is 7.92 Å². The van der Waals surface area contributed by atoms with Crippen LogP contribution < -0.4 is 15.9 Å². The topological polar surface area (TPSA) is 18.5 Å². The van der Waals surface area contributed by atoms with E-state index in [0.717, 1.165) is 18.5 Å². The van der Waals surface area contributed by atoms with Crippen LogP contribution in [0.1, 0.15) is 0 Å². The molecule has 4 rings (SSSR count). The van der Waals surface area contributed by atoms with Crippen LogP contribution >= 0.6 is 23.9 Å². The lowest BCUT2D eigenvalue weighted by molar-refractivity contribution is -0.0205. The summed E-state index contributed by atoms with van der Waals surface area (Å²) in [5.41, 5.74) is 0. The predicted molar refractivity (Wildman–Crippen MR) is 115 cm³/mol. The Morgan fingerprint density at radius 2 is 1.00 bits per heavy atom. The van der Waals surface area contributed by atoms with Crippen molar-refractivity contribution in [1.82, 2.24) is 0 Å². The zero-order valence-electron chi connectivity index (χ0n) is 14.5. The van der Waals surface area contributed by atoms with E-state index in [1.54, 1.807) is 0 Å². The first-order chi connectivity index (χ1) is 12.9. The number of hydrogen-bond acceptors (Lipinski definition) is 2. The molecule has 3 aromatic carbocycles. The molecule has 0 bridgehead atoms. The Hall–Kier alpha value is -1.51. The standard InChI is InChI=1S/C18H15P.C4H7BrO2/c1-4-10-16(11-5-1)19(17-12-6-2-7-13-17)18-14-8-3-9-15-18;5-3-4-6-1-2-7-4/h1-15H;4H,1-3H2. The van der Waals surface area contributed by atoms with E-state index in [-0.39, 0.29) is 6.29 Å². The second-order valence-corrected chi connectivity index (χ2v) is 8.53. The lowest BCUT2D eigenvalue weighted by atomic mass is 10.4. The van der Waals surface area contributed by atoms with Gasteiger partial charge in [-0.3, -0.25) is 0 Å². The zero-order valence-corrected chi connectivity index (χ0v) is 17.0. The molecule has 0 unspecified atom stereocenters. The Labute approximate surface area is 165 Å².